The maximum absolute atomic E-state index is 12.8. The van der Waals surface area contributed by atoms with E-state index in [0.29, 0.717) is 16.4 Å². The lowest BCUT2D eigenvalue weighted by Gasteiger charge is -2.27. The molecule has 1 aromatic carbocycles. The van der Waals surface area contributed by atoms with Crippen LogP contribution >= 0.6 is 11.9 Å². The zero-order valence-corrected chi connectivity index (χ0v) is 17.3. The Morgan fingerprint density at radius 3 is 2.53 bits per heavy atom. The average molecular weight is 432 g/mol. The number of imide groups is 2. The second kappa shape index (κ2) is 9.15. The molecular weight excluding hydrogens is 406 g/mol. The van der Waals surface area contributed by atoms with Crippen molar-refractivity contribution in [1.29, 1.82) is 0 Å². The predicted octanol–water partition coefficient (Wildman–Crippen LogP) is 0.490. The van der Waals surface area contributed by atoms with Crippen LogP contribution in [0, 0.1) is 0 Å². The Kier molecular flexibility index (Phi) is 6.35. The van der Waals surface area contributed by atoms with E-state index in [1.807, 2.05) is 0 Å². The van der Waals surface area contributed by atoms with Crippen molar-refractivity contribution in [2.75, 3.05) is 31.5 Å². The van der Waals surface area contributed by atoms with Gasteiger partial charge in [-0.15, -0.1) is 0 Å². The van der Waals surface area contributed by atoms with Gasteiger partial charge in [-0.05, 0) is 37.5 Å². The van der Waals surface area contributed by atoms with Crippen molar-refractivity contribution in [2.24, 2.45) is 0 Å². The summed E-state index contributed by atoms with van der Waals surface area (Å²) in [6.07, 6.45) is 2.28. The molecule has 4 rings (SSSR count). The Labute approximate surface area is 178 Å². The molecule has 0 bridgehead atoms. The molecular formula is C20H25N5O4S. The number of unbranched alkanes of at least 4 members (excludes halogenated alkanes) is 1. The highest BCUT2D eigenvalue weighted by molar-refractivity contribution is 7.98. The molecule has 3 aliphatic rings. The maximum Gasteiger partial charge on any atom is 0.262 e. The first kappa shape index (κ1) is 20.8. The third-order valence-electron chi connectivity index (χ3n) is 5.47. The first-order valence-electron chi connectivity index (χ1n) is 10.2. The fourth-order valence-electron chi connectivity index (χ4n) is 3.66. The highest BCUT2D eigenvalue weighted by Crippen LogP contribution is 2.29. The number of fused-ring (bicyclic) bond motifs is 1. The van der Waals surface area contributed by atoms with Crippen LogP contribution in [0.5, 0.6) is 0 Å². The molecule has 0 aliphatic carbocycles. The molecule has 2 fully saturated rings. The van der Waals surface area contributed by atoms with Gasteiger partial charge >= 0.3 is 0 Å². The van der Waals surface area contributed by atoms with Gasteiger partial charge in [0.1, 0.15) is 6.04 Å². The number of nitrogens with zero attached hydrogens (tertiary/aromatic N) is 1. The molecule has 30 heavy (non-hydrogen) atoms. The Bertz CT molecular complexity index is 873. The van der Waals surface area contributed by atoms with E-state index in [1.165, 1.54) is 0 Å². The normalized spacial score (nSPS) is 21.5. The number of hydrogen-bond donors (Lipinski definition) is 4. The zero-order valence-electron chi connectivity index (χ0n) is 16.5. The van der Waals surface area contributed by atoms with Crippen molar-refractivity contribution in [3.05, 3.63) is 29.3 Å². The van der Waals surface area contributed by atoms with Crippen LogP contribution in [-0.4, -0.2) is 66.0 Å². The fraction of sp³-hybridized carbons (Fsp3) is 0.500. The van der Waals surface area contributed by atoms with Crippen LogP contribution in [0.3, 0.4) is 0 Å². The number of hydrogen-bond acceptors (Lipinski definition) is 8. The number of nitrogens with one attached hydrogen (secondary N) is 4. The number of benzene rings is 1. The number of carbonyl (C=O) groups is 4. The highest BCUT2D eigenvalue weighted by atomic mass is 32.2. The summed E-state index contributed by atoms with van der Waals surface area (Å²) in [4.78, 5) is 49.9. The van der Waals surface area contributed by atoms with Crippen LogP contribution in [0.15, 0.2) is 18.2 Å². The molecule has 1 atom stereocenters. The summed E-state index contributed by atoms with van der Waals surface area (Å²) in [6.45, 7) is 3.84. The summed E-state index contributed by atoms with van der Waals surface area (Å²) >= 11 is 1.79. The number of rotatable bonds is 9. The second-order valence-electron chi connectivity index (χ2n) is 7.63. The summed E-state index contributed by atoms with van der Waals surface area (Å²) in [7, 11) is 0. The maximum atomic E-state index is 12.8. The third-order valence-corrected chi connectivity index (χ3v) is 6.51. The van der Waals surface area contributed by atoms with Gasteiger partial charge < -0.3 is 10.6 Å². The highest BCUT2D eigenvalue weighted by Gasteiger charge is 2.44. The van der Waals surface area contributed by atoms with Crippen LogP contribution in [0.4, 0.5) is 5.69 Å². The van der Waals surface area contributed by atoms with Gasteiger partial charge in [0.15, 0.2) is 0 Å². The van der Waals surface area contributed by atoms with E-state index in [0.717, 1.165) is 49.6 Å². The molecule has 4 N–H and O–H groups in total. The van der Waals surface area contributed by atoms with Crippen molar-refractivity contribution in [2.45, 2.75) is 37.0 Å². The van der Waals surface area contributed by atoms with Crippen molar-refractivity contribution in [3.63, 3.8) is 0 Å². The van der Waals surface area contributed by atoms with Gasteiger partial charge in [0, 0.05) is 43.5 Å². The van der Waals surface area contributed by atoms with Crippen molar-refractivity contribution >= 4 is 41.3 Å². The molecule has 0 aromatic heterocycles. The van der Waals surface area contributed by atoms with Crippen LogP contribution in [0.25, 0.3) is 0 Å². The van der Waals surface area contributed by atoms with Gasteiger partial charge in [-0.1, -0.05) is 11.9 Å². The fourth-order valence-corrected chi connectivity index (χ4v) is 4.56. The molecule has 10 heteroatoms. The standard InChI is InChI=1S/C20H25N5O4S/c26-17-6-5-16(18(27)24-17)25-19(28)14-4-3-12(9-15(14)20(25)29)22-7-1-2-8-23-30-13-10-21-11-13/h3-4,9,13,16,21-23H,1-2,5-8,10-11H2,(H,24,26,27). The summed E-state index contributed by atoms with van der Waals surface area (Å²) in [5.41, 5.74) is 1.35. The molecule has 160 valence electrons. The topological polar surface area (TPSA) is 120 Å². The number of anilines is 1. The SMILES string of the molecule is O=C1CCC(N2C(=O)c3ccc(NCCCCNSC4CNC4)cc3C2=O)C(=O)N1. The summed E-state index contributed by atoms with van der Waals surface area (Å²) in [5.74, 6) is -1.95. The Morgan fingerprint density at radius 1 is 1.03 bits per heavy atom. The van der Waals surface area contributed by atoms with Gasteiger partial charge in [0.25, 0.3) is 11.8 Å². The molecule has 4 amide bonds. The number of carbonyl (C=O) groups excluding carboxylic acids is 4. The summed E-state index contributed by atoms with van der Waals surface area (Å²) in [6, 6.07) is 4.12. The molecule has 1 aromatic rings. The molecule has 3 heterocycles. The molecule has 2 saturated heterocycles. The third kappa shape index (κ3) is 4.35. The largest absolute Gasteiger partial charge is 0.385 e. The van der Waals surface area contributed by atoms with E-state index in [1.54, 1.807) is 30.1 Å². The lowest BCUT2D eigenvalue weighted by atomic mass is 10.0. The molecule has 0 radical (unpaired) electrons. The molecule has 0 saturated carbocycles. The van der Waals surface area contributed by atoms with E-state index < -0.39 is 23.8 Å². The smallest absolute Gasteiger partial charge is 0.262 e. The average Bonchev–Trinajstić information content (AvgIpc) is 2.93. The first-order chi connectivity index (χ1) is 14.5. The predicted molar refractivity (Wildman–Crippen MR) is 113 cm³/mol. The second-order valence-corrected chi connectivity index (χ2v) is 8.82. The van der Waals surface area contributed by atoms with Crippen LogP contribution in [0.2, 0.25) is 0 Å². The van der Waals surface area contributed by atoms with E-state index in [9.17, 15) is 19.2 Å². The quantitative estimate of drug-likeness (QED) is 0.253. The van der Waals surface area contributed by atoms with Crippen molar-refractivity contribution in [1.82, 2.24) is 20.3 Å². The van der Waals surface area contributed by atoms with E-state index in [2.05, 4.69) is 20.7 Å². The monoisotopic (exact) mass is 431 g/mol. The molecule has 0 spiro atoms. The van der Waals surface area contributed by atoms with E-state index in [-0.39, 0.29) is 18.7 Å². The van der Waals surface area contributed by atoms with Gasteiger partial charge in [-0.25, -0.2) is 0 Å². The molecule has 1 unspecified atom stereocenters. The minimum Gasteiger partial charge on any atom is -0.385 e. The first-order valence-corrected chi connectivity index (χ1v) is 11.1. The Balaban J connectivity index is 1.28. The lowest BCUT2D eigenvalue weighted by molar-refractivity contribution is -0.136. The van der Waals surface area contributed by atoms with Gasteiger partial charge in [-0.2, -0.15) is 0 Å². The van der Waals surface area contributed by atoms with E-state index >= 15 is 0 Å². The lowest BCUT2D eigenvalue weighted by Crippen LogP contribution is -2.54. The van der Waals surface area contributed by atoms with Crippen LogP contribution < -0.4 is 20.7 Å². The van der Waals surface area contributed by atoms with E-state index in [4.69, 9.17) is 0 Å². The number of piperidine rings is 1. The van der Waals surface area contributed by atoms with Crippen molar-refractivity contribution < 1.29 is 19.2 Å². The van der Waals surface area contributed by atoms with Gasteiger partial charge in [0.2, 0.25) is 11.8 Å². The molecule has 9 nitrogen and oxygen atoms in total. The van der Waals surface area contributed by atoms with Crippen LogP contribution in [-0.2, 0) is 9.59 Å². The zero-order chi connectivity index (χ0) is 21.1. The number of amides is 4. The van der Waals surface area contributed by atoms with Gasteiger partial charge in [0.05, 0.1) is 11.1 Å². The molecule has 3 aliphatic heterocycles. The van der Waals surface area contributed by atoms with Crippen LogP contribution in [0.1, 0.15) is 46.4 Å². The Hall–Kier alpha value is -2.43. The minimum absolute atomic E-state index is 0.113. The Morgan fingerprint density at radius 2 is 1.80 bits per heavy atom. The van der Waals surface area contributed by atoms with Crippen molar-refractivity contribution in [3.8, 4) is 0 Å². The summed E-state index contributed by atoms with van der Waals surface area (Å²) in [5, 5.41) is 9.40. The van der Waals surface area contributed by atoms with Gasteiger partial charge in [-0.3, -0.25) is 34.1 Å². The minimum atomic E-state index is -0.937. The summed E-state index contributed by atoms with van der Waals surface area (Å²) < 4.78 is 3.38.